The second-order valence-electron chi connectivity index (χ2n) is 4.93. The molecular weight excluding hydrogens is 272 g/mol. The standard InChI is InChI=1S/C15H24N2O4/c1-12(2)11-20-8-7-19-9-10-21-14-5-3-13(4-6-14)15(18)17-16/h3-6,12H,7-11,16H2,1-2H3,(H,17,18). The molecule has 0 aliphatic heterocycles. The van der Waals surface area contributed by atoms with Crippen molar-refractivity contribution in [1.82, 2.24) is 5.43 Å². The number of hydrazine groups is 1. The van der Waals surface area contributed by atoms with Crippen LogP contribution in [0.4, 0.5) is 0 Å². The van der Waals surface area contributed by atoms with E-state index >= 15 is 0 Å². The summed E-state index contributed by atoms with van der Waals surface area (Å²) in [5.41, 5.74) is 2.56. The Morgan fingerprint density at radius 2 is 1.71 bits per heavy atom. The van der Waals surface area contributed by atoms with E-state index in [1.165, 1.54) is 0 Å². The summed E-state index contributed by atoms with van der Waals surface area (Å²) in [4.78, 5) is 11.2. The number of benzene rings is 1. The lowest BCUT2D eigenvalue weighted by Gasteiger charge is -2.09. The number of amides is 1. The van der Waals surface area contributed by atoms with Crippen molar-refractivity contribution in [1.29, 1.82) is 0 Å². The van der Waals surface area contributed by atoms with E-state index < -0.39 is 0 Å². The summed E-state index contributed by atoms with van der Waals surface area (Å²) in [6.07, 6.45) is 0. The molecule has 1 amide bonds. The number of rotatable bonds is 10. The average Bonchev–Trinajstić information content (AvgIpc) is 2.49. The third-order valence-electron chi connectivity index (χ3n) is 2.57. The van der Waals surface area contributed by atoms with Gasteiger partial charge < -0.3 is 14.2 Å². The highest BCUT2D eigenvalue weighted by Crippen LogP contribution is 2.11. The van der Waals surface area contributed by atoms with E-state index in [4.69, 9.17) is 20.1 Å². The van der Waals surface area contributed by atoms with Crippen molar-refractivity contribution in [3.8, 4) is 5.75 Å². The van der Waals surface area contributed by atoms with Crippen molar-refractivity contribution in [3.05, 3.63) is 29.8 Å². The van der Waals surface area contributed by atoms with Gasteiger partial charge in [0.2, 0.25) is 0 Å². The summed E-state index contributed by atoms with van der Waals surface area (Å²) < 4.78 is 16.3. The Labute approximate surface area is 125 Å². The molecule has 6 nitrogen and oxygen atoms in total. The summed E-state index contributed by atoms with van der Waals surface area (Å²) in [6, 6.07) is 6.74. The van der Waals surface area contributed by atoms with Crippen molar-refractivity contribution >= 4 is 5.91 Å². The van der Waals surface area contributed by atoms with Gasteiger partial charge in [0.05, 0.1) is 19.8 Å². The number of nitrogen functional groups attached to an aromatic ring is 1. The van der Waals surface area contributed by atoms with E-state index in [-0.39, 0.29) is 5.91 Å². The Morgan fingerprint density at radius 3 is 2.33 bits per heavy atom. The van der Waals surface area contributed by atoms with Crippen molar-refractivity contribution in [2.24, 2.45) is 11.8 Å². The molecule has 3 N–H and O–H groups in total. The molecule has 21 heavy (non-hydrogen) atoms. The molecule has 0 aliphatic carbocycles. The first kappa shape index (κ1) is 17.4. The zero-order valence-electron chi connectivity index (χ0n) is 12.6. The predicted octanol–water partition coefficient (Wildman–Crippen LogP) is 1.36. The average molecular weight is 296 g/mol. The summed E-state index contributed by atoms with van der Waals surface area (Å²) in [5.74, 6) is 5.94. The van der Waals surface area contributed by atoms with E-state index in [2.05, 4.69) is 19.3 Å². The van der Waals surface area contributed by atoms with E-state index in [1.807, 2.05) is 0 Å². The molecule has 1 rings (SSSR count). The molecule has 1 aromatic rings. The van der Waals surface area contributed by atoms with Crippen LogP contribution in [0.25, 0.3) is 0 Å². The van der Waals surface area contributed by atoms with Crippen molar-refractivity contribution < 1.29 is 19.0 Å². The van der Waals surface area contributed by atoms with Crippen LogP contribution in [0.15, 0.2) is 24.3 Å². The second-order valence-corrected chi connectivity index (χ2v) is 4.93. The minimum atomic E-state index is -0.328. The second kappa shape index (κ2) is 10.1. The maximum atomic E-state index is 11.2. The van der Waals surface area contributed by atoms with Crippen molar-refractivity contribution in [3.63, 3.8) is 0 Å². The molecule has 0 spiro atoms. The smallest absolute Gasteiger partial charge is 0.265 e. The van der Waals surface area contributed by atoms with Gasteiger partial charge in [-0.1, -0.05) is 13.8 Å². The lowest BCUT2D eigenvalue weighted by Crippen LogP contribution is -2.29. The topological polar surface area (TPSA) is 82.8 Å². The van der Waals surface area contributed by atoms with Crippen LogP contribution in [-0.4, -0.2) is 38.9 Å². The summed E-state index contributed by atoms with van der Waals surface area (Å²) in [5, 5.41) is 0. The van der Waals surface area contributed by atoms with Crippen molar-refractivity contribution in [2.75, 3.05) is 33.0 Å². The number of nitrogens with two attached hydrogens (primary N) is 1. The minimum absolute atomic E-state index is 0.328. The van der Waals surface area contributed by atoms with Crippen LogP contribution in [0.1, 0.15) is 24.2 Å². The molecule has 0 saturated heterocycles. The van der Waals surface area contributed by atoms with Gasteiger partial charge in [0.15, 0.2) is 0 Å². The molecule has 0 fully saturated rings. The number of nitrogens with one attached hydrogen (secondary N) is 1. The Hall–Kier alpha value is -1.63. The van der Waals surface area contributed by atoms with Crippen LogP contribution in [0.2, 0.25) is 0 Å². The molecule has 0 heterocycles. The Kier molecular flexibility index (Phi) is 8.42. The molecule has 0 radical (unpaired) electrons. The van der Waals surface area contributed by atoms with E-state index in [0.717, 1.165) is 6.61 Å². The fraction of sp³-hybridized carbons (Fsp3) is 0.533. The van der Waals surface area contributed by atoms with Gasteiger partial charge in [0.25, 0.3) is 5.91 Å². The third-order valence-corrected chi connectivity index (χ3v) is 2.57. The molecule has 0 bridgehead atoms. The highest BCUT2D eigenvalue weighted by atomic mass is 16.5. The number of hydrogen-bond donors (Lipinski definition) is 2. The van der Waals surface area contributed by atoms with E-state index in [0.29, 0.717) is 43.7 Å². The minimum Gasteiger partial charge on any atom is -0.491 e. The molecule has 0 unspecified atom stereocenters. The molecule has 0 saturated carbocycles. The summed E-state index contributed by atoms with van der Waals surface area (Å²) in [6.45, 7) is 7.08. The lowest BCUT2D eigenvalue weighted by atomic mass is 10.2. The highest BCUT2D eigenvalue weighted by Gasteiger charge is 2.02. The normalized spacial score (nSPS) is 10.7. The predicted molar refractivity (Wildman–Crippen MR) is 80.1 cm³/mol. The Balaban J connectivity index is 2.09. The monoisotopic (exact) mass is 296 g/mol. The third kappa shape index (κ3) is 7.65. The van der Waals surface area contributed by atoms with Gasteiger partial charge in [-0.15, -0.1) is 0 Å². The van der Waals surface area contributed by atoms with Gasteiger partial charge in [-0.25, -0.2) is 5.84 Å². The van der Waals surface area contributed by atoms with Crippen LogP contribution in [0, 0.1) is 5.92 Å². The molecular formula is C15H24N2O4. The van der Waals surface area contributed by atoms with Crippen LogP contribution in [0.3, 0.4) is 0 Å². The number of hydrogen-bond acceptors (Lipinski definition) is 5. The SMILES string of the molecule is CC(C)COCCOCCOc1ccc(C(=O)NN)cc1. The highest BCUT2D eigenvalue weighted by molar-refractivity contribution is 5.93. The Bertz CT molecular complexity index is 407. The fourth-order valence-corrected chi connectivity index (χ4v) is 1.54. The quantitative estimate of drug-likeness (QED) is 0.295. The molecule has 0 aliphatic rings. The summed E-state index contributed by atoms with van der Waals surface area (Å²) in [7, 11) is 0. The van der Waals surface area contributed by atoms with E-state index in [9.17, 15) is 4.79 Å². The molecule has 118 valence electrons. The first-order valence-corrected chi connectivity index (χ1v) is 7.02. The fourth-order valence-electron chi connectivity index (χ4n) is 1.54. The molecule has 6 heteroatoms. The maximum absolute atomic E-state index is 11.2. The first-order chi connectivity index (χ1) is 10.1. The van der Waals surface area contributed by atoms with Gasteiger partial charge in [0.1, 0.15) is 12.4 Å². The number of carbonyl (C=O) groups excluding carboxylic acids is 1. The number of ether oxygens (including phenoxy) is 3. The molecule has 0 aromatic heterocycles. The van der Waals surface area contributed by atoms with Crippen LogP contribution < -0.4 is 16.0 Å². The largest absolute Gasteiger partial charge is 0.491 e. The zero-order chi connectivity index (χ0) is 15.5. The van der Waals surface area contributed by atoms with Crippen LogP contribution in [-0.2, 0) is 9.47 Å². The zero-order valence-corrected chi connectivity index (χ0v) is 12.6. The van der Waals surface area contributed by atoms with Crippen molar-refractivity contribution in [2.45, 2.75) is 13.8 Å². The lowest BCUT2D eigenvalue weighted by molar-refractivity contribution is 0.0282. The molecule has 0 atom stereocenters. The van der Waals surface area contributed by atoms with Crippen LogP contribution >= 0.6 is 0 Å². The number of carbonyl (C=O) groups is 1. The first-order valence-electron chi connectivity index (χ1n) is 7.02. The molecule has 1 aromatic carbocycles. The maximum Gasteiger partial charge on any atom is 0.265 e. The van der Waals surface area contributed by atoms with Gasteiger partial charge in [-0.2, -0.15) is 0 Å². The van der Waals surface area contributed by atoms with Gasteiger partial charge in [0, 0.05) is 12.2 Å². The van der Waals surface area contributed by atoms with E-state index in [1.54, 1.807) is 24.3 Å². The van der Waals surface area contributed by atoms with Crippen LogP contribution in [0.5, 0.6) is 5.75 Å². The Morgan fingerprint density at radius 1 is 1.10 bits per heavy atom. The van der Waals surface area contributed by atoms with Gasteiger partial charge >= 0.3 is 0 Å². The van der Waals surface area contributed by atoms with Gasteiger partial charge in [-0.05, 0) is 30.2 Å². The van der Waals surface area contributed by atoms with Gasteiger partial charge in [-0.3, -0.25) is 10.2 Å². The summed E-state index contributed by atoms with van der Waals surface area (Å²) >= 11 is 0.